The molecular weight excluding hydrogens is 450 g/mol. The summed E-state index contributed by atoms with van der Waals surface area (Å²) in [5, 5.41) is 6.02. The number of benzene rings is 3. The van der Waals surface area contributed by atoms with E-state index in [0.717, 1.165) is 16.0 Å². The molecule has 0 spiro atoms. The monoisotopic (exact) mass is 475 g/mol. The number of halogens is 1. The van der Waals surface area contributed by atoms with E-state index in [1.54, 1.807) is 31.2 Å². The Morgan fingerprint density at radius 2 is 1.59 bits per heavy atom. The van der Waals surface area contributed by atoms with E-state index in [2.05, 4.69) is 34.9 Å². The number of nitrogens with zero attached hydrogens (tertiary/aromatic N) is 1. The van der Waals surface area contributed by atoms with Crippen LogP contribution in [0.4, 0.5) is 4.79 Å². The molecule has 0 radical (unpaired) electrons. The third-order valence-electron chi connectivity index (χ3n) is 6.14. The first-order chi connectivity index (χ1) is 16.4. The molecule has 1 unspecified atom stereocenters. The van der Waals surface area contributed by atoms with E-state index in [9.17, 15) is 14.4 Å². The molecule has 0 aliphatic carbocycles. The fourth-order valence-electron chi connectivity index (χ4n) is 4.29. The lowest BCUT2D eigenvalue weighted by atomic mass is 9.88. The smallest absolute Gasteiger partial charge is 0.325 e. The molecule has 1 aliphatic heterocycles. The second-order valence-electron chi connectivity index (χ2n) is 8.47. The molecule has 1 heterocycles. The summed E-state index contributed by atoms with van der Waals surface area (Å²) in [5.41, 5.74) is 1.62. The molecule has 174 valence electrons. The fourth-order valence-corrected chi connectivity index (χ4v) is 4.48. The van der Waals surface area contributed by atoms with E-state index >= 15 is 0 Å². The molecule has 0 aromatic heterocycles. The molecule has 0 bridgehead atoms. The molecule has 1 atom stereocenters. The SMILES string of the molecule is CC1(c2cccc(Cl)c2)NC(=O)N(CC(=O)NCCC(c2ccccc2)c2ccccc2)C1=O. The van der Waals surface area contributed by atoms with E-state index in [-0.39, 0.29) is 12.5 Å². The summed E-state index contributed by atoms with van der Waals surface area (Å²) in [6, 6.07) is 26.4. The van der Waals surface area contributed by atoms with Gasteiger partial charge < -0.3 is 10.6 Å². The van der Waals surface area contributed by atoms with Crippen LogP contribution < -0.4 is 10.6 Å². The number of hydrogen-bond donors (Lipinski definition) is 2. The van der Waals surface area contributed by atoms with E-state index < -0.39 is 23.4 Å². The Bertz CT molecular complexity index is 1150. The molecular formula is C27H26ClN3O3. The molecule has 3 aromatic rings. The van der Waals surface area contributed by atoms with Gasteiger partial charge in [0.05, 0.1) is 0 Å². The number of imide groups is 1. The van der Waals surface area contributed by atoms with Crippen molar-refractivity contribution in [3.05, 3.63) is 107 Å². The van der Waals surface area contributed by atoms with Gasteiger partial charge in [-0.1, -0.05) is 84.4 Å². The second-order valence-corrected chi connectivity index (χ2v) is 8.91. The first kappa shape index (κ1) is 23.5. The lowest BCUT2D eigenvalue weighted by molar-refractivity contribution is -0.134. The van der Waals surface area contributed by atoms with Crippen molar-refractivity contribution in [2.45, 2.75) is 24.8 Å². The minimum atomic E-state index is -1.27. The molecule has 4 rings (SSSR count). The summed E-state index contributed by atoms with van der Waals surface area (Å²) < 4.78 is 0. The predicted molar refractivity (Wildman–Crippen MR) is 131 cm³/mol. The van der Waals surface area contributed by atoms with Crippen LogP contribution in [-0.2, 0) is 15.1 Å². The zero-order chi connectivity index (χ0) is 24.1. The Hall–Kier alpha value is -3.64. The third kappa shape index (κ3) is 4.97. The molecule has 0 saturated carbocycles. The number of amides is 4. The molecule has 1 aliphatic rings. The highest BCUT2D eigenvalue weighted by molar-refractivity contribution is 6.30. The zero-order valence-electron chi connectivity index (χ0n) is 18.8. The molecule has 34 heavy (non-hydrogen) atoms. The van der Waals surface area contributed by atoms with Crippen LogP contribution in [0.1, 0.15) is 36.0 Å². The van der Waals surface area contributed by atoms with E-state index in [1.165, 1.54) is 0 Å². The molecule has 2 N–H and O–H groups in total. The van der Waals surface area contributed by atoms with Crippen LogP contribution in [-0.4, -0.2) is 35.8 Å². The van der Waals surface area contributed by atoms with E-state index in [1.807, 2.05) is 36.4 Å². The third-order valence-corrected chi connectivity index (χ3v) is 6.37. The fraction of sp³-hybridized carbons (Fsp3) is 0.222. The Kier molecular flexibility index (Phi) is 6.98. The summed E-state index contributed by atoms with van der Waals surface area (Å²) >= 11 is 6.06. The summed E-state index contributed by atoms with van der Waals surface area (Å²) in [6.07, 6.45) is 0.681. The van der Waals surface area contributed by atoms with Crippen molar-refractivity contribution in [1.82, 2.24) is 15.5 Å². The maximum atomic E-state index is 13.1. The number of carbonyl (C=O) groups excluding carboxylic acids is 3. The highest BCUT2D eigenvalue weighted by Crippen LogP contribution is 2.30. The predicted octanol–water partition coefficient (Wildman–Crippen LogP) is 4.45. The van der Waals surface area contributed by atoms with Crippen LogP contribution >= 0.6 is 11.6 Å². The van der Waals surface area contributed by atoms with Crippen molar-refractivity contribution in [2.75, 3.05) is 13.1 Å². The normalized spacial score (nSPS) is 17.7. The Morgan fingerprint density at radius 1 is 0.971 bits per heavy atom. The van der Waals surface area contributed by atoms with Crippen molar-refractivity contribution >= 4 is 29.4 Å². The minimum absolute atomic E-state index is 0.116. The van der Waals surface area contributed by atoms with Crippen LogP contribution in [0.3, 0.4) is 0 Å². The first-order valence-corrected chi connectivity index (χ1v) is 11.5. The van der Waals surface area contributed by atoms with Gasteiger partial charge in [0.2, 0.25) is 5.91 Å². The van der Waals surface area contributed by atoms with Gasteiger partial charge >= 0.3 is 6.03 Å². The van der Waals surface area contributed by atoms with Gasteiger partial charge in [-0.3, -0.25) is 14.5 Å². The van der Waals surface area contributed by atoms with Crippen molar-refractivity contribution in [1.29, 1.82) is 0 Å². The van der Waals surface area contributed by atoms with Crippen molar-refractivity contribution in [3.63, 3.8) is 0 Å². The Morgan fingerprint density at radius 3 is 2.18 bits per heavy atom. The van der Waals surface area contributed by atoms with E-state index in [0.29, 0.717) is 23.6 Å². The summed E-state index contributed by atoms with van der Waals surface area (Å²) in [7, 11) is 0. The first-order valence-electron chi connectivity index (χ1n) is 11.2. The number of nitrogens with one attached hydrogen (secondary N) is 2. The Balaban J connectivity index is 1.39. The number of urea groups is 1. The topological polar surface area (TPSA) is 78.5 Å². The van der Waals surface area contributed by atoms with Gasteiger partial charge in [0.25, 0.3) is 5.91 Å². The van der Waals surface area contributed by atoms with Gasteiger partial charge in [-0.2, -0.15) is 0 Å². The van der Waals surface area contributed by atoms with Crippen LogP contribution in [0.2, 0.25) is 5.02 Å². The number of rotatable bonds is 8. The van der Waals surface area contributed by atoms with Crippen LogP contribution in [0, 0.1) is 0 Å². The maximum Gasteiger partial charge on any atom is 0.325 e. The summed E-state index contributed by atoms with van der Waals surface area (Å²) in [6.45, 7) is 1.67. The van der Waals surface area contributed by atoms with Gasteiger partial charge in [0.15, 0.2) is 0 Å². The summed E-state index contributed by atoms with van der Waals surface area (Å²) in [5.74, 6) is -0.759. The molecule has 1 saturated heterocycles. The van der Waals surface area contributed by atoms with Crippen LogP contribution in [0.5, 0.6) is 0 Å². The van der Waals surface area contributed by atoms with Gasteiger partial charge in [-0.15, -0.1) is 0 Å². The van der Waals surface area contributed by atoms with Crippen LogP contribution in [0.15, 0.2) is 84.9 Å². The molecule has 4 amide bonds. The van der Waals surface area contributed by atoms with Gasteiger partial charge in [-0.25, -0.2) is 4.79 Å². The average molecular weight is 476 g/mol. The largest absolute Gasteiger partial charge is 0.355 e. The quantitative estimate of drug-likeness (QED) is 0.472. The standard InChI is InChI=1S/C27H26ClN3O3/c1-27(21-13-8-14-22(28)17-21)25(33)31(26(34)30-27)18-24(32)29-16-15-23(19-9-4-2-5-10-19)20-11-6-3-7-12-20/h2-14,17,23H,15-16,18H2,1H3,(H,29,32)(H,30,34). The van der Waals surface area contributed by atoms with Crippen molar-refractivity contribution in [2.24, 2.45) is 0 Å². The minimum Gasteiger partial charge on any atom is -0.355 e. The van der Waals surface area contributed by atoms with E-state index in [4.69, 9.17) is 11.6 Å². The lowest BCUT2D eigenvalue weighted by Gasteiger charge is -2.22. The van der Waals surface area contributed by atoms with Crippen LogP contribution in [0.25, 0.3) is 0 Å². The van der Waals surface area contributed by atoms with Gasteiger partial charge in [0, 0.05) is 17.5 Å². The Labute approximate surface area is 203 Å². The highest BCUT2D eigenvalue weighted by Gasteiger charge is 2.49. The molecule has 3 aromatic carbocycles. The zero-order valence-corrected chi connectivity index (χ0v) is 19.6. The maximum absolute atomic E-state index is 13.1. The second kappa shape index (κ2) is 10.1. The average Bonchev–Trinajstić information content (AvgIpc) is 3.07. The number of hydrogen-bond acceptors (Lipinski definition) is 3. The van der Waals surface area contributed by atoms with Crippen molar-refractivity contribution < 1.29 is 14.4 Å². The number of carbonyl (C=O) groups is 3. The summed E-state index contributed by atoms with van der Waals surface area (Å²) in [4.78, 5) is 39.2. The van der Waals surface area contributed by atoms with Gasteiger partial charge in [-0.05, 0) is 42.2 Å². The molecule has 6 nitrogen and oxygen atoms in total. The molecule has 7 heteroatoms. The van der Waals surface area contributed by atoms with Gasteiger partial charge in [0.1, 0.15) is 12.1 Å². The molecule has 1 fully saturated rings. The highest BCUT2D eigenvalue weighted by atomic mass is 35.5. The van der Waals surface area contributed by atoms with Crippen molar-refractivity contribution in [3.8, 4) is 0 Å². The lowest BCUT2D eigenvalue weighted by Crippen LogP contribution is -2.43.